The van der Waals surface area contributed by atoms with E-state index in [4.69, 9.17) is 4.74 Å². The summed E-state index contributed by atoms with van der Waals surface area (Å²) in [5, 5.41) is 5.40. The second kappa shape index (κ2) is 7.04. The number of ether oxygens (including phenoxy) is 1. The topological polar surface area (TPSA) is 59.0 Å². The van der Waals surface area contributed by atoms with Crippen molar-refractivity contribution in [2.24, 2.45) is 5.10 Å². The van der Waals surface area contributed by atoms with Crippen molar-refractivity contribution in [3.8, 4) is 0 Å². The molecule has 112 valence electrons. The Labute approximate surface area is 124 Å². The molecule has 2 rings (SSSR count). The van der Waals surface area contributed by atoms with Gasteiger partial charge >= 0.3 is 5.97 Å². The predicted molar refractivity (Wildman–Crippen MR) is 77.7 cm³/mol. The number of hydrogen-bond donors (Lipinski definition) is 0. The minimum Gasteiger partial charge on any atom is -0.438 e. The largest absolute Gasteiger partial charge is 0.438 e. The first-order valence-corrected chi connectivity index (χ1v) is 7.25. The molecule has 0 amide bonds. The lowest BCUT2D eigenvalue weighted by Crippen LogP contribution is -2.50. The molecule has 1 saturated carbocycles. The lowest BCUT2D eigenvalue weighted by molar-refractivity contribution is -0.194. The highest BCUT2D eigenvalue weighted by atomic mass is 16.6. The molecule has 0 atom stereocenters. The van der Waals surface area contributed by atoms with Crippen LogP contribution >= 0.6 is 0 Å². The molecule has 5 heteroatoms. The number of hydrogen-bond acceptors (Lipinski definition) is 5. The van der Waals surface area contributed by atoms with Gasteiger partial charge in [-0.05, 0) is 18.4 Å². The van der Waals surface area contributed by atoms with Gasteiger partial charge in [0.05, 0.1) is 6.54 Å². The van der Waals surface area contributed by atoms with Crippen LogP contribution in [0.3, 0.4) is 0 Å². The Morgan fingerprint density at radius 3 is 2.52 bits per heavy atom. The lowest BCUT2D eigenvalue weighted by atomic mass is 9.90. The second-order valence-electron chi connectivity index (χ2n) is 5.34. The summed E-state index contributed by atoms with van der Waals surface area (Å²) in [6.07, 6.45) is 5.97. The highest BCUT2D eigenvalue weighted by molar-refractivity contribution is 5.66. The Morgan fingerprint density at radius 2 is 1.95 bits per heavy atom. The summed E-state index contributed by atoms with van der Waals surface area (Å²) < 4.78 is 5.58. The third kappa shape index (κ3) is 3.92. The van der Waals surface area contributed by atoms with Gasteiger partial charge in [0, 0.05) is 19.8 Å². The van der Waals surface area contributed by atoms with Crippen molar-refractivity contribution in [2.45, 2.75) is 51.3 Å². The number of carbonyl (C=O) groups is 1. The summed E-state index contributed by atoms with van der Waals surface area (Å²) in [6.45, 7) is 1.81. The molecule has 5 nitrogen and oxygen atoms in total. The Balaban J connectivity index is 2.27. The van der Waals surface area contributed by atoms with E-state index in [1.54, 1.807) is 11.1 Å². The maximum Gasteiger partial charge on any atom is 0.304 e. The van der Waals surface area contributed by atoms with Crippen LogP contribution in [-0.4, -0.2) is 22.8 Å². The molecule has 0 saturated heterocycles. The standard InChI is InChI=1S/C16H20N2O3/c1-14(20)21-16(10-6-3-7-11-16)18(17-13-19)12-15-8-4-2-5-9-15/h2,4-5,8-9H,3,6-7,10-12H2,1H3. The average Bonchev–Trinajstić information content (AvgIpc) is 2.48. The van der Waals surface area contributed by atoms with Crippen LogP contribution in [0.4, 0.5) is 0 Å². The fourth-order valence-corrected chi connectivity index (χ4v) is 2.86. The van der Waals surface area contributed by atoms with E-state index in [1.807, 2.05) is 30.3 Å². The van der Waals surface area contributed by atoms with Crippen LogP contribution < -0.4 is 0 Å². The molecule has 0 unspecified atom stereocenters. The second-order valence-corrected chi connectivity index (χ2v) is 5.34. The number of carbonyl (C=O) groups excluding carboxylic acids is 2. The Kier molecular flexibility index (Phi) is 5.12. The summed E-state index contributed by atoms with van der Waals surface area (Å²) in [5.74, 6) is -0.351. The summed E-state index contributed by atoms with van der Waals surface area (Å²) in [5.41, 5.74) is 0.186. The fourth-order valence-electron chi connectivity index (χ4n) is 2.86. The molecule has 1 aliphatic carbocycles. The van der Waals surface area contributed by atoms with Gasteiger partial charge < -0.3 is 4.74 Å². The van der Waals surface area contributed by atoms with Crippen molar-refractivity contribution >= 4 is 12.0 Å². The first kappa shape index (κ1) is 15.3. The van der Waals surface area contributed by atoms with E-state index in [2.05, 4.69) is 5.10 Å². The van der Waals surface area contributed by atoms with E-state index >= 15 is 0 Å². The molecule has 0 aromatic heterocycles. The number of nitrogens with zero attached hydrogens (tertiary/aromatic N) is 2. The van der Waals surface area contributed by atoms with Gasteiger partial charge in [-0.25, -0.2) is 9.80 Å². The van der Waals surface area contributed by atoms with E-state index in [1.165, 1.54) is 6.92 Å². The van der Waals surface area contributed by atoms with E-state index in [-0.39, 0.29) is 5.97 Å². The number of rotatable bonds is 5. The van der Waals surface area contributed by atoms with Crippen LogP contribution in [0.15, 0.2) is 35.4 Å². The van der Waals surface area contributed by atoms with Gasteiger partial charge in [-0.15, -0.1) is 0 Å². The van der Waals surface area contributed by atoms with Gasteiger partial charge in [0.1, 0.15) is 0 Å². The number of esters is 1. The van der Waals surface area contributed by atoms with Crippen molar-refractivity contribution in [1.29, 1.82) is 0 Å². The van der Waals surface area contributed by atoms with Gasteiger partial charge in [0.25, 0.3) is 6.08 Å². The quantitative estimate of drug-likeness (QED) is 0.275. The van der Waals surface area contributed by atoms with E-state index < -0.39 is 5.72 Å². The summed E-state index contributed by atoms with van der Waals surface area (Å²) in [4.78, 5) is 22.3. The molecule has 1 aromatic carbocycles. The van der Waals surface area contributed by atoms with Crippen LogP contribution in [0.1, 0.15) is 44.6 Å². The van der Waals surface area contributed by atoms with E-state index in [9.17, 15) is 9.59 Å². The van der Waals surface area contributed by atoms with Crippen LogP contribution in [0.25, 0.3) is 0 Å². The number of benzene rings is 1. The van der Waals surface area contributed by atoms with Gasteiger partial charge in [0.2, 0.25) is 5.72 Å². The molecular weight excluding hydrogens is 268 g/mol. The van der Waals surface area contributed by atoms with Gasteiger partial charge in [0.15, 0.2) is 0 Å². The molecule has 21 heavy (non-hydrogen) atoms. The van der Waals surface area contributed by atoms with Crippen molar-refractivity contribution in [3.05, 3.63) is 35.9 Å². The Bertz CT molecular complexity index is 518. The van der Waals surface area contributed by atoms with Crippen LogP contribution in [-0.2, 0) is 20.9 Å². The first-order valence-electron chi connectivity index (χ1n) is 7.25. The third-order valence-electron chi connectivity index (χ3n) is 3.78. The van der Waals surface area contributed by atoms with Crippen molar-refractivity contribution in [1.82, 2.24) is 5.01 Å². The maximum absolute atomic E-state index is 11.5. The molecule has 0 radical (unpaired) electrons. The molecule has 0 aliphatic heterocycles. The smallest absolute Gasteiger partial charge is 0.304 e. The minimum atomic E-state index is -0.822. The fraction of sp³-hybridized carbons (Fsp3) is 0.500. The van der Waals surface area contributed by atoms with Crippen molar-refractivity contribution in [2.75, 3.05) is 0 Å². The Hall–Kier alpha value is -2.13. The van der Waals surface area contributed by atoms with Crippen LogP contribution in [0.2, 0.25) is 0 Å². The van der Waals surface area contributed by atoms with E-state index in [0.717, 1.165) is 24.8 Å². The average molecular weight is 288 g/mol. The zero-order chi connectivity index (χ0) is 15.1. The molecule has 0 heterocycles. The Morgan fingerprint density at radius 1 is 1.29 bits per heavy atom. The molecule has 1 fully saturated rings. The zero-order valence-corrected chi connectivity index (χ0v) is 12.2. The normalized spacial score (nSPS) is 16.6. The van der Waals surface area contributed by atoms with Crippen molar-refractivity contribution < 1.29 is 14.3 Å². The molecular formula is C16H20N2O3. The van der Waals surface area contributed by atoms with Crippen molar-refractivity contribution in [3.63, 3.8) is 0 Å². The summed E-state index contributed by atoms with van der Waals surface area (Å²) in [6, 6.07) is 9.70. The molecule has 1 aromatic rings. The number of isocyanates is 1. The van der Waals surface area contributed by atoms with Gasteiger partial charge in [-0.3, -0.25) is 4.79 Å². The zero-order valence-electron chi connectivity index (χ0n) is 12.2. The highest BCUT2D eigenvalue weighted by Gasteiger charge is 2.41. The van der Waals surface area contributed by atoms with Gasteiger partial charge in [-0.2, -0.15) is 0 Å². The lowest BCUT2D eigenvalue weighted by Gasteiger charge is -2.42. The maximum atomic E-state index is 11.5. The van der Waals surface area contributed by atoms with Gasteiger partial charge in [-0.1, -0.05) is 41.9 Å². The summed E-state index contributed by atoms with van der Waals surface area (Å²) >= 11 is 0. The summed E-state index contributed by atoms with van der Waals surface area (Å²) in [7, 11) is 0. The molecule has 1 aliphatic rings. The third-order valence-corrected chi connectivity index (χ3v) is 3.78. The SMILES string of the molecule is CC(=O)OC1(N(Cc2ccccc2)N=C=O)CCCCC1. The number of hydrazone groups is 1. The minimum absolute atomic E-state index is 0.351. The van der Waals surface area contributed by atoms with E-state index in [0.29, 0.717) is 19.4 Å². The first-order chi connectivity index (χ1) is 10.2. The predicted octanol–water partition coefficient (Wildman–Crippen LogP) is 2.96. The monoisotopic (exact) mass is 288 g/mol. The van der Waals surface area contributed by atoms with Crippen LogP contribution in [0, 0.1) is 0 Å². The molecule has 0 bridgehead atoms. The highest BCUT2D eigenvalue weighted by Crippen LogP contribution is 2.36. The van der Waals surface area contributed by atoms with Crippen LogP contribution in [0.5, 0.6) is 0 Å². The molecule has 0 spiro atoms. The molecule has 0 N–H and O–H groups in total.